The minimum Gasteiger partial charge on any atom is -0.353 e. The van der Waals surface area contributed by atoms with E-state index in [0.29, 0.717) is 50.5 Å². The maximum absolute atomic E-state index is 14.1. The lowest BCUT2D eigenvalue weighted by Crippen LogP contribution is -2.54. The third kappa shape index (κ3) is 9.53. The first-order valence-electron chi connectivity index (χ1n) is 18.9. The Morgan fingerprint density at radius 1 is 1.02 bits per heavy atom. The van der Waals surface area contributed by atoms with Crippen LogP contribution in [0.3, 0.4) is 0 Å². The number of aryl methyl sites for hydroxylation is 1. The van der Waals surface area contributed by atoms with Gasteiger partial charge >= 0.3 is 0 Å². The van der Waals surface area contributed by atoms with Gasteiger partial charge in [0.25, 0.3) is 5.91 Å². The second-order valence-corrected chi connectivity index (χ2v) is 16.4. The molecule has 4 amide bonds. The number of unbranched alkanes of at least 4 members (excludes halogenated alkanes) is 1. The molecule has 7 heterocycles. The van der Waals surface area contributed by atoms with Crippen molar-refractivity contribution in [1.82, 2.24) is 35.6 Å². The monoisotopic (exact) mass is 723 g/mol. The number of fused-ring (bicyclic) bond motifs is 2. The molecule has 6 aliphatic rings. The normalized spacial score (nSPS) is 26.5. The lowest BCUT2D eigenvalue weighted by molar-refractivity contribution is -0.139. The van der Waals surface area contributed by atoms with E-state index in [9.17, 15) is 23.6 Å². The van der Waals surface area contributed by atoms with Gasteiger partial charge in [-0.05, 0) is 82.6 Å². The molecule has 6 aliphatic heterocycles. The van der Waals surface area contributed by atoms with Crippen molar-refractivity contribution in [2.45, 2.75) is 121 Å². The summed E-state index contributed by atoms with van der Waals surface area (Å²) in [5.74, 6) is -0.256. The van der Waals surface area contributed by atoms with Gasteiger partial charge < -0.3 is 25.8 Å². The van der Waals surface area contributed by atoms with E-state index in [0.717, 1.165) is 67.3 Å². The first-order chi connectivity index (χ1) is 24.5. The standard InChI is InChI=1S/C38H54FN7O4S/c1-24(2)41-30-20-33-38(50)45-16-11-27(12-17-45)37-43-32(25(3)51-37)22-34(47)42-29(21-35(48)44-18-13-31(14-19-44)46(33)23-30)6-4-5-15-40-36(49)26-7-9-28(39)10-8-26/h7-10,24,27,29-31,33,41H,4-6,11-23H2,1-3H3,(H,40,49)(H,42,47)/t29-,30-,33-/m0/s1. The molecule has 1 aromatic heterocycles. The summed E-state index contributed by atoms with van der Waals surface area (Å²) in [6.07, 6.45) is 6.55. The molecule has 0 saturated carbocycles. The van der Waals surface area contributed by atoms with Crippen LogP contribution in [0.1, 0.15) is 103 Å². The average Bonchev–Trinajstić information content (AvgIpc) is 3.70. The van der Waals surface area contributed by atoms with E-state index < -0.39 is 5.82 Å². The van der Waals surface area contributed by atoms with Gasteiger partial charge in [0, 0.05) is 86.2 Å². The summed E-state index contributed by atoms with van der Waals surface area (Å²) in [6.45, 7) is 10.3. The highest BCUT2D eigenvalue weighted by Crippen LogP contribution is 2.35. The Balaban J connectivity index is 1.14. The number of carbonyl (C=O) groups is 4. The number of nitrogens with zero attached hydrogens (tertiary/aromatic N) is 4. The van der Waals surface area contributed by atoms with E-state index in [4.69, 9.17) is 4.98 Å². The topological polar surface area (TPSA) is 127 Å². The molecule has 13 heteroatoms. The Kier molecular flexibility index (Phi) is 12.4. The molecule has 3 atom stereocenters. The number of hydrogen-bond acceptors (Lipinski definition) is 8. The predicted molar refractivity (Wildman–Crippen MR) is 195 cm³/mol. The van der Waals surface area contributed by atoms with Crippen LogP contribution < -0.4 is 16.0 Å². The predicted octanol–water partition coefficient (Wildman–Crippen LogP) is 3.76. The second-order valence-electron chi connectivity index (χ2n) is 15.1. The van der Waals surface area contributed by atoms with Gasteiger partial charge in [0.1, 0.15) is 5.82 Å². The second kappa shape index (κ2) is 16.9. The summed E-state index contributed by atoms with van der Waals surface area (Å²) in [5, 5.41) is 10.8. The highest BCUT2D eigenvalue weighted by molar-refractivity contribution is 7.11. The summed E-state index contributed by atoms with van der Waals surface area (Å²) in [7, 11) is 0. The minimum atomic E-state index is -0.390. The van der Waals surface area contributed by atoms with Crippen LogP contribution in [0.2, 0.25) is 0 Å². The lowest BCUT2D eigenvalue weighted by Gasteiger charge is -2.41. The van der Waals surface area contributed by atoms with Gasteiger partial charge in [-0.25, -0.2) is 9.37 Å². The average molecular weight is 724 g/mol. The Hall–Kier alpha value is -3.42. The maximum atomic E-state index is 14.1. The van der Waals surface area contributed by atoms with Gasteiger partial charge in [-0.2, -0.15) is 0 Å². The van der Waals surface area contributed by atoms with Gasteiger partial charge in [0.05, 0.1) is 23.2 Å². The number of hydrogen-bond donors (Lipinski definition) is 3. The summed E-state index contributed by atoms with van der Waals surface area (Å²) in [5.41, 5.74) is 1.18. The Morgan fingerprint density at radius 2 is 1.73 bits per heavy atom. The van der Waals surface area contributed by atoms with Gasteiger partial charge in [-0.15, -0.1) is 11.3 Å². The van der Waals surface area contributed by atoms with Gasteiger partial charge in [-0.3, -0.25) is 24.1 Å². The fourth-order valence-corrected chi connectivity index (χ4v) is 9.42. The molecular formula is C38H54FN7O4S. The van der Waals surface area contributed by atoms with Crippen molar-refractivity contribution in [2.75, 3.05) is 39.3 Å². The maximum Gasteiger partial charge on any atom is 0.251 e. The molecule has 3 fully saturated rings. The Bertz CT molecular complexity index is 1530. The van der Waals surface area contributed by atoms with Crippen LogP contribution in [-0.4, -0.2) is 113 Å². The molecule has 3 N–H and O–H groups in total. The van der Waals surface area contributed by atoms with E-state index >= 15 is 0 Å². The summed E-state index contributed by atoms with van der Waals surface area (Å²) in [4.78, 5) is 66.1. The van der Waals surface area contributed by atoms with E-state index in [1.54, 1.807) is 11.3 Å². The highest BCUT2D eigenvalue weighted by atomic mass is 32.1. The molecule has 0 aliphatic carbocycles. The van der Waals surface area contributed by atoms with Crippen LogP contribution in [0.15, 0.2) is 24.3 Å². The van der Waals surface area contributed by atoms with Crippen molar-refractivity contribution in [1.29, 1.82) is 0 Å². The summed E-state index contributed by atoms with van der Waals surface area (Å²) >= 11 is 1.65. The zero-order chi connectivity index (χ0) is 36.1. The van der Waals surface area contributed by atoms with Crippen molar-refractivity contribution in [3.63, 3.8) is 0 Å². The summed E-state index contributed by atoms with van der Waals surface area (Å²) in [6, 6.07) is 5.79. The van der Waals surface area contributed by atoms with Gasteiger partial charge in [0.15, 0.2) is 0 Å². The van der Waals surface area contributed by atoms with E-state index in [1.807, 2.05) is 11.8 Å². The number of benzene rings is 1. The molecule has 0 spiro atoms. The van der Waals surface area contributed by atoms with Crippen LogP contribution in [-0.2, 0) is 20.8 Å². The van der Waals surface area contributed by atoms with E-state index in [-0.39, 0.29) is 66.6 Å². The Morgan fingerprint density at radius 3 is 2.43 bits per heavy atom. The number of aromatic nitrogens is 1. The largest absolute Gasteiger partial charge is 0.353 e. The Labute approximate surface area is 305 Å². The van der Waals surface area contributed by atoms with Crippen LogP contribution in [0, 0.1) is 12.7 Å². The van der Waals surface area contributed by atoms with Crippen LogP contribution in [0.5, 0.6) is 0 Å². The van der Waals surface area contributed by atoms with Crippen molar-refractivity contribution >= 4 is 35.0 Å². The molecule has 6 bridgehead atoms. The first kappa shape index (κ1) is 37.3. The number of rotatable bonds is 8. The molecule has 2 aromatic rings. The van der Waals surface area contributed by atoms with Crippen molar-refractivity contribution in [3.8, 4) is 0 Å². The number of halogens is 1. The SMILES string of the molecule is Cc1sc2nc1CC(=O)N[C@@H](CCCCNC(=O)c1ccc(F)cc1)CC(=O)N1CCC(CC1)N1C[C@@H](NC(C)C)C[C@H]1C(=O)N1CCC2CC1. The van der Waals surface area contributed by atoms with Crippen LogP contribution in [0.25, 0.3) is 0 Å². The summed E-state index contributed by atoms with van der Waals surface area (Å²) < 4.78 is 13.2. The zero-order valence-corrected chi connectivity index (χ0v) is 31.1. The quantitative estimate of drug-likeness (QED) is 0.355. The fourth-order valence-electron chi connectivity index (χ4n) is 8.31. The molecule has 1 aromatic carbocycles. The van der Waals surface area contributed by atoms with Crippen LogP contribution >= 0.6 is 11.3 Å². The van der Waals surface area contributed by atoms with Gasteiger partial charge in [0.2, 0.25) is 17.7 Å². The number of amides is 4. The highest BCUT2D eigenvalue weighted by Gasteiger charge is 2.44. The molecule has 51 heavy (non-hydrogen) atoms. The lowest BCUT2D eigenvalue weighted by atomic mass is 9.96. The third-order valence-electron chi connectivity index (χ3n) is 11.0. The van der Waals surface area contributed by atoms with Crippen molar-refractivity contribution in [2.24, 2.45) is 0 Å². The molecule has 3 saturated heterocycles. The molecule has 278 valence electrons. The van der Waals surface area contributed by atoms with Crippen molar-refractivity contribution in [3.05, 3.63) is 51.2 Å². The van der Waals surface area contributed by atoms with Crippen molar-refractivity contribution < 1.29 is 23.6 Å². The molecule has 0 radical (unpaired) electrons. The smallest absolute Gasteiger partial charge is 0.251 e. The number of thiazole rings is 1. The number of carbonyl (C=O) groups excluding carboxylic acids is 4. The van der Waals surface area contributed by atoms with E-state index in [1.165, 1.54) is 24.3 Å². The molecule has 11 nitrogen and oxygen atoms in total. The van der Waals surface area contributed by atoms with Crippen LogP contribution in [0.4, 0.5) is 4.39 Å². The zero-order valence-electron chi connectivity index (χ0n) is 30.3. The molecule has 0 unspecified atom stereocenters. The van der Waals surface area contributed by atoms with E-state index in [2.05, 4.69) is 39.6 Å². The minimum absolute atomic E-state index is 0.0294. The third-order valence-corrected chi connectivity index (χ3v) is 12.2. The fraction of sp³-hybridized carbons (Fsp3) is 0.658. The van der Waals surface area contributed by atoms with Gasteiger partial charge in [-0.1, -0.05) is 13.8 Å². The number of piperidine rings is 2. The molecular weight excluding hydrogens is 670 g/mol. The molecule has 8 rings (SSSR count). The number of nitrogens with one attached hydrogen (secondary N) is 3. The first-order valence-corrected chi connectivity index (χ1v) is 19.7.